The van der Waals surface area contributed by atoms with Crippen LogP contribution in [0.15, 0.2) is 24.3 Å². The second kappa shape index (κ2) is 6.52. The Hall–Kier alpha value is -1.39. The highest BCUT2D eigenvalue weighted by atomic mass is 16.5. The van der Waals surface area contributed by atoms with E-state index in [1.165, 1.54) is 12.7 Å². The van der Waals surface area contributed by atoms with Crippen LogP contribution in [0.2, 0.25) is 0 Å². The van der Waals surface area contributed by atoms with Gasteiger partial charge in [0, 0.05) is 19.8 Å². The monoisotopic (exact) mass is 250 g/mol. The van der Waals surface area contributed by atoms with E-state index < -0.39 is 6.04 Å². The molecule has 2 N–H and O–H groups in total. The Morgan fingerprint density at radius 3 is 2.33 bits per heavy atom. The van der Waals surface area contributed by atoms with E-state index >= 15 is 0 Å². The number of benzene rings is 1. The molecule has 0 spiro atoms. The Labute approximate surface area is 109 Å². The number of hydrogen-bond acceptors (Lipinski definition) is 3. The molecule has 100 valence electrons. The van der Waals surface area contributed by atoms with Gasteiger partial charge in [-0.15, -0.1) is 0 Å². The summed E-state index contributed by atoms with van der Waals surface area (Å²) < 4.78 is 4.89. The zero-order valence-corrected chi connectivity index (χ0v) is 11.5. The predicted octanol–water partition coefficient (Wildman–Crippen LogP) is 1.75. The Morgan fingerprint density at radius 2 is 1.89 bits per heavy atom. The number of likely N-dealkylation sites (N-methyl/N-ethyl adjacent to an activating group) is 1. The number of methoxy groups -OCH3 is 1. The third-order valence-electron chi connectivity index (χ3n) is 2.94. The molecule has 1 unspecified atom stereocenters. The highest BCUT2D eigenvalue weighted by Gasteiger charge is 2.18. The van der Waals surface area contributed by atoms with Crippen molar-refractivity contribution in [3.63, 3.8) is 0 Å². The maximum Gasteiger partial charge on any atom is 0.246 e. The van der Waals surface area contributed by atoms with Gasteiger partial charge in [0.1, 0.15) is 6.04 Å². The SMILES string of the molecule is COCC(N)C(=O)N(C)c1ccc(C(C)C)cc1. The van der Waals surface area contributed by atoms with Crippen LogP contribution in [0.25, 0.3) is 0 Å². The molecule has 1 aromatic carbocycles. The first kappa shape index (κ1) is 14.7. The van der Waals surface area contributed by atoms with Crippen LogP contribution in [0, 0.1) is 0 Å². The van der Waals surface area contributed by atoms with Gasteiger partial charge in [-0.05, 0) is 23.6 Å². The molecule has 18 heavy (non-hydrogen) atoms. The van der Waals surface area contributed by atoms with E-state index in [2.05, 4.69) is 13.8 Å². The van der Waals surface area contributed by atoms with Crippen molar-refractivity contribution in [2.45, 2.75) is 25.8 Å². The van der Waals surface area contributed by atoms with Gasteiger partial charge in [-0.2, -0.15) is 0 Å². The van der Waals surface area contributed by atoms with Crippen LogP contribution in [-0.4, -0.2) is 32.7 Å². The van der Waals surface area contributed by atoms with Gasteiger partial charge in [0.15, 0.2) is 0 Å². The molecule has 1 rings (SSSR count). The number of amides is 1. The van der Waals surface area contributed by atoms with Gasteiger partial charge < -0.3 is 15.4 Å². The molecule has 1 aromatic rings. The fraction of sp³-hybridized carbons (Fsp3) is 0.500. The van der Waals surface area contributed by atoms with Gasteiger partial charge in [-0.1, -0.05) is 26.0 Å². The van der Waals surface area contributed by atoms with Crippen LogP contribution in [0.3, 0.4) is 0 Å². The molecule has 1 atom stereocenters. The summed E-state index contributed by atoms with van der Waals surface area (Å²) in [5.41, 5.74) is 7.82. The Bertz CT molecular complexity index is 387. The molecule has 1 amide bonds. The number of carbonyl (C=O) groups excluding carboxylic acids is 1. The third kappa shape index (κ3) is 3.55. The molecule has 4 nitrogen and oxygen atoms in total. The minimum absolute atomic E-state index is 0.144. The van der Waals surface area contributed by atoms with Crippen molar-refractivity contribution in [3.05, 3.63) is 29.8 Å². The molecule has 0 saturated carbocycles. The van der Waals surface area contributed by atoms with Crippen LogP contribution < -0.4 is 10.6 Å². The first-order chi connectivity index (χ1) is 8.47. The van der Waals surface area contributed by atoms with Gasteiger partial charge in [-0.3, -0.25) is 4.79 Å². The van der Waals surface area contributed by atoms with Crippen molar-refractivity contribution >= 4 is 11.6 Å². The van der Waals surface area contributed by atoms with Crippen LogP contribution in [-0.2, 0) is 9.53 Å². The molecule has 0 aliphatic rings. The van der Waals surface area contributed by atoms with E-state index in [9.17, 15) is 4.79 Å². The van der Waals surface area contributed by atoms with E-state index in [0.717, 1.165) is 5.69 Å². The first-order valence-corrected chi connectivity index (χ1v) is 6.09. The highest BCUT2D eigenvalue weighted by molar-refractivity contribution is 5.96. The van der Waals surface area contributed by atoms with Gasteiger partial charge in [-0.25, -0.2) is 0 Å². The van der Waals surface area contributed by atoms with Crippen molar-refractivity contribution in [1.29, 1.82) is 0 Å². The maximum absolute atomic E-state index is 12.0. The molecule has 0 aromatic heterocycles. The second-order valence-electron chi connectivity index (χ2n) is 4.71. The lowest BCUT2D eigenvalue weighted by molar-refractivity contribution is -0.120. The number of rotatable bonds is 5. The van der Waals surface area contributed by atoms with Crippen molar-refractivity contribution in [3.8, 4) is 0 Å². The van der Waals surface area contributed by atoms with Crippen LogP contribution in [0.5, 0.6) is 0 Å². The van der Waals surface area contributed by atoms with Crippen molar-refractivity contribution in [2.24, 2.45) is 5.73 Å². The number of anilines is 1. The number of ether oxygens (including phenoxy) is 1. The van der Waals surface area contributed by atoms with E-state index in [4.69, 9.17) is 10.5 Å². The standard InChI is InChI=1S/C14H22N2O2/c1-10(2)11-5-7-12(8-6-11)16(3)14(17)13(15)9-18-4/h5-8,10,13H,9,15H2,1-4H3. The molecular weight excluding hydrogens is 228 g/mol. The van der Waals surface area contributed by atoms with E-state index in [0.29, 0.717) is 5.92 Å². The average Bonchev–Trinajstić information content (AvgIpc) is 2.37. The molecule has 0 aliphatic carbocycles. The van der Waals surface area contributed by atoms with Crippen LogP contribution in [0.4, 0.5) is 5.69 Å². The van der Waals surface area contributed by atoms with E-state index in [1.807, 2.05) is 24.3 Å². The smallest absolute Gasteiger partial charge is 0.246 e. The Morgan fingerprint density at radius 1 is 1.33 bits per heavy atom. The Kier molecular flexibility index (Phi) is 5.31. The van der Waals surface area contributed by atoms with Crippen molar-refractivity contribution < 1.29 is 9.53 Å². The number of carbonyl (C=O) groups is 1. The lowest BCUT2D eigenvalue weighted by Crippen LogP contribution is -2.44. The Balaban J connectivity index is 2.77. The minimum atomic E-state index is -0.621. The molecule has 0 bridgehead atoms. The van der Waals surface area contributed by atoms with Gasteiger partial charge >= 0.3 is 0 Å². The number of nitrogens with two attached hydrogens (primary N) is 1. The zero-order valence-electron chi connectivity index (χ0n) is 11.5. The average molecular weight is 250 g/mol. The fourth-order valence-electron chi connectivity index (χ4n) is 1.71. The summed E-state index contributed by atoms with van der Waals surface area (Å²) in [5.74, 6) is 0.338. The van der Waals surface area contributed by atoms with Gasteiger partial charge in [0.05, 0.1) is 6.61 Å². The first-order valence-electron chi connectivity index (χ1n) is 6.09. The molecule has 0 aliphatic heterocycles. The van der Waals surface area contributed by atoms with E-state index in [-0.39, 0.29) is 12.5 Å². The van der Waals surface area contributed by atoms with Crippen molar-refractivity contribution in [2.75, 3.05) is 25.7 Å². The van der Waals surface area contributed by atoms with Gasteiger partial charge in [0.2, 0.25) is 5.91 Å². The molecule has 0 fully saturated rings. The topological polar surface area (TPSA) is 55.6 Å². The highest BCUT2D eigenvalue weighted by Crippen LogP contribution is 2.19. The van der Waals surface area contributed by atoms with Crippen molar-refractivity contribution in [1.82, 2.24) is 0 Å². The number of hydrogen-bond donors (Lipinski definition) is 1. The molecule has 0 heterocycles. The van der Waals surface area contributed by atoms with E-state index in [1.54, 1.807) is 11.9 Å². The zero-order chi connectivity index (χ0) is 13.7. The van der Waals surface area contributed by atoms with Gasteiger partial charge in [0.25, 0.3) is 0 Å². The summed E-state index contributed by atoms with van der Waals surface area (Å²) >= 11 is 0. The molecule has 0 saturated heterocycles. The quantitative estimate of drug-likeness (QED) is 0.866. The summed E-state index contributed by atoms with van der Waals surface area (Å²) in [6.45, 7) is 4.50. The summed E-state index contributed by atoms with van der Waals surface area (Å²) in [6.07, 6.45) is 0. The normalized spacial score (nSPS) is 12.6. The number of nitrogens with zero attached hydrogens (tertiary/aromatic N) is 1. The third-order valence-corrected chi connectivity index (χ3v) is 2.94. The summed E-state index contributed by atoms with van der Waals surface area (Å²) in [5, 5.41) is 0. The lowest BCUT2D eigenvalue weighted by atomic mass is 10.0. The molecule has 0 radical (unpaired) electrons. The minimum Gasteiger partial charge on any atom is -0.383 e. The fourth-order valence-corrected chi connectivity index (χ4v) is 1.71. The maximum atomic E-state index is 12.0. The summed E-state index contributed by atoms with van der Waals surface area (Å²) in [4.78, 5) is 13.5. The predicted molar refractivity (Wildman–Crippen MR) is 73.8 cm³/mol. The van der Waals surface area contributed by atoms with Crippen LogP contribution in [0.1, 0.15) is 25.3 Å². The second-order valence-corrected chi connectivity index (χ2v) is 4.71. The molecule has 4 heteroatoms. The molecular formula is C14H22N2O2. The summed E-state index contributed by atoms with van der Waals surface area (Å²) in [7, 11) is 3.26. The lowest BCUT2D eigenvalue weighted by Gasteiger charge is -2.21. The van der Waals surface area contributed by atoms with Crippen LogP contribution >= 0.6 is 0 Å². The summed E-state index contributed by atoms with van der Waals surface area (Å²) in [6, 6.07) is 7.32. The largest absolute Gasteiger partial charge is 0.383 e.